The van der Waals surface area contributed by atoms with Crippen molar-refractivity contribution in [3.63, 3.8) is 0 Å². The summed E-state index contributed by atoms with van der Waals surface area (Å²) in [6.07, 6.45) is 2.01. The van der Waals surface area contributed by atoms with Crippen LogP contribution in [0.4, 0.5) is 0 Å². The molecule has 0 radical (unpaired) electrons. The van der Waals surface area contributed by atoms with E-state index in [0.717, 1.165) is 11.3 Å². The predicted octanol–water partition coefficient (Wildman–Crippen LogP) is 3.34. The number of aromatic nitrogens is 1. The zero-order valence-corrected chi connectivity index (χ0v) is 14.0. The average molecular weight is 344 g/mol. The smallest absolute Gasteiger partial charge is 0.253 e. The summed E-state index contributed by atoms with van der Waals surface area (Å²) in [6.45, 7) is 1.15. The van der Waals surface area contributed by atoms with Crippen molar-refractivity contribution in [3.8, 4) is 0 Å². The van der Waals surface area contributed by atoms with Crippen molar-refractivity contribution in [1.82, 2.24) is 8.87 Å². The van der Waals surface area contributed by atoms with Crippen LogP contribution in [0.25, 0.3) is 0 Å². The third kappa shape index (κ3) is 2.43. The molecule has 3 heterocycles. The van der Waals surface area contributed by atoms with Gasteiger partial charge in [0.1, 0.15) is 4.21 Å². The highest BCUT2D eigenvalue weighted by Gasteiger charge is 2.37. The van der Waals surface area contributed by atoms with Gasteiger partial charge >= 0.3 is 0 Å². The van der Waals surface area contributed by atoms with E-state index in [2.05, 4.69) is 4.57 Å². The van der Waals surface area contributed by atoms with Crippen LogP contribution in [-0.4, -0.2) is 23.8 Å². The molecule has 4 rings (SSSR count). The number of hydrogen-bond acceptors (Lipinski definition) is 3. The van der Waals surface area contributed by atoms with E-state index >= 15 is 0 Å². The monoisotopic (exact) mass is 344 g/mol. The zero-order valence-electron chi connectivity index (χ0n) is 12.4. The summed E-state index contributed by atoms with van der Waals surface area (Å²) in [7, 11) is -3.50. The normalized spacial score (nSPS) is 18.7. The van der Waals surface area contributed by atoms with Gasteiger partial charge in [0.25, 0.3) is 10.0 Å². The fourth-order valence-electron chi connectivity index (χ4n) is 3.12. The summed E-state index contributed by atoms with van der Waals surface area (Å²) in [5.41, 5.74) is 2.01. The number of hydrogen-bond donors (Lipinski definition) is 0. The van der Waals surface area contributed by atoms with E-state index in [0.29, 0.717) is 17.3 Å². The standard InChI is InChI=1S/C17H16N2O2S2/c20-23(21,16-9-5-13-22-16)19-12-11-18-10-4-8-15(18)17(19)14-6-2-1-3-7-14/h1-10,13,17H,11-12H2. The maximum absolute atomic E-state index is 13.1. The van der Waals surface area contributed by atoms with E-state index in [1.54, 1.807) is 21.8 Å². The summed E-state index contributed by atoms with van der Waals surface area (Å²) in [6, 6.07) is 17.0. The van der Waals surface area contributed by atoms with Gasteiger partial charge in [-0.2, -0.15) is 4.31 Å². The second-order valence-corrected chi connectivity index (χ2v) is 8.55. The van der Waals surface area contributed by atoms with Crippen LogP contribution in [0.15, 0.2) is 70.4 Å². The van der Waals surface area contributed by atoms with Crippen molar-refractivity contribution in [1.29, 1.82) is 0 Å². The highest BCUT2D eigenvalue weighted by atomic mass is 32.2. The highest BCUT2D eigenvalue weighted by molar-refractivity contribution is 7.91. The Morgan fingerprint density at radius 3 is 2.52 bits per heavy atom. The van der Waals surface area contributed by atoms with Crippen molar-refractivity contribution in [2.45, 2.75) is 16.8 Å². The van der Waals surface area contributed by atoms with Crippen LogP contribution < -0.4 is 0 Å². The molecule has 0 spiro atoms. The lowest BCUT2D eigenvalue weighted by molar-refractivity contribution is 0.299. The molecule has 118 valence electrons. The number of thiophene rings is 1. The quantitative estimate of drug-likeness (QED) is 0.731. The molecule has 1 aliphatic heterocycles. The molecular formula is C17H16N2O2S2. The van der Waals surface area contributed by atoms with Crippen molar-refractivity contribution in [2.24, 2.45) is 0 Å². The number of nitrogens with zero attached hydrogens (tertiary/aromatic N) is 2. The van der Waals surface area contributed by atoms with Gasteiger partial charge in [-0.15, -0.1) is 11.3 Å². The maximum atomic E-state index is 13.1. The number of rotatable bonds is 3. The molecule has 2 aromatic heterocycles. The number of sulfonamides is 1. The molecule has 4 nitrogen and oxygen atoms in total. The molecule has 1 unspecified atom stereocenters. The molecule has 3 aromatic rings. The molecule has 0 saturated heterocycles. The Labute approximate surface area is 139 Å². The molecule has 1 aromatic carbocycles. The molecule has 0 aliphatic carbocycles. The minimum atomic E-state index is -3.50. The Balaban J connectivity index is 1.86. The third-order valence-corrected chi connectivity index (χ3v) is 7.40. The summed E-state index contributed by atoms with van der Waals surface area (Å²) < 4.78 is 30.3. The van der Waals surface area contributed by atoms with E-state index in [-0.39, 0.29) is 6.04 Å². The first-order valence-corrected chi connectivity index (χ1v) is 9.75. The molecular weight excluding hydrogens is 328 g/mol. The van der Waals surface area contributed by atoms with E-state index in [9.17, 15) is 8.42 Å². The molecule has 23 heavy (non-hydrogen) atoms. The van der Waals surface area contributed by atoms with Crippen LogP contribution in [0, 0.1) is 0 Å². The Kier molecular flexibility index (Phi) is 3.60. The minimum absolute atomic E-state index is 0.285. The van der Waals surface area contributed by atoms with Crippen LogP contribution in [0.3, 0.4) is 0 Å². The summed E-state index contributed by atoms with van der Waals surface area (Å²) in [5, 5.41) is 1.80. The van der Waals surface area contributed by atoms with Crippen molar-refractivity contribution >= 4 is 21.4 Å². The molecule has 1 atom stereocenters. The summed E-state index contributed by atoms with van der Waals surface area (Å²) in [4.78, 5) is 0. The molecule has 0 amide bonds. The van der Waals surface area contributed by atoms with Crippen molar-refractivity contribution < 1.29 is 8.42 Å². The van der Waals surface area contributed by atoms with E-state index in [4.69, 9.17) is 0 Å². The van der Waals surface area contributed by atoms with E-state index < -0.39 is 10.0 Å². The topological polar surface area (TPSA) is 42.3 Å². The van der Waals surface area contributed by atoms with E-state index in [1.807, 2.05) is 48.7 Å². The van der Waals surface area contributed by atoms with Crippen LogP contribution >= 0.6 is 11.3 Å². The second kappa shape index (κ2) is 5.63. The first-order chi connectivity index (χ1) is 11.2. The van der Waals surface area contributed by atoms with Gasteiger partial charge in [-0.1, -0.05) is 36.4 Å². The molecule has 0 bridgehead atoms. The third-order valence-electron chi connectivity index (χ3n) is 4.17. The Bertz CT molecular complexity index is 899. The molecule has 0 N–H and O–H groups in total. The Morgan fingerprint density at radius 1 is 0.957 bits per heavy atom. The van der Waals surface area contributed by atoms with Crippen molar-refractivity contribution in [2.75, 3.05) is 6.54 Å². The molecule has 1 aliphatic rings. The lowest BCUT2D eigenvalue weighted by Crippen LogP contribution is -2.42. The van der Waals surface area contributed by atoms with Crippen LogP contribution in [0.1, 0.15) is 17.3 Å². The van der Waals surface area contributed by atoms with E-state index in [1.165, 1.54) is 11.3 Å². The molecule has 6 heteroatoms. The fourth-order valence-corrected chi connectivity index (χ4v) is 5.82. The number of benzene rings is 1. The maximum Gasteiger partial charge on any atom is 0.253 e. The van der Waals surface area contributed by atoms with Gasteiger partial charge in [-0.3, -0.25) is 0 Å². The lowest BCUT2D eigenvalue weighted by atomic mass is 10.0. The average Bonchev–Trinajstić information content (AvgIpc) is 3.26. The van der Waals surface area contributed by atoms with Gasteiger partial charge < -0.3 is 4.57 Å². The molecule has 0 fully saturated rings. The predicted molar refractivity (Wildman–Crippen MR) is 90.9 cm³/mol. The number of fused-ring (bicyclic) bond motifs is 1. The van der Waals surface area contributed by atoms with Gasteiger partial charge in [0.2, 0.25) is 0 Å². The van der Waals surface area contributed by atoms with Gasteiger partial charge in [-0.05, 0) is 29.1 Å². The van der Waals surface area contributed by atoms with Crippen molar-refractivity contribution in [3.05, 3.63) is 77.4 Å². The first kappa shape index (κ1) is 14.7. The Morgan fingerprint density at radius 2 is 1.78 bits per heavy atom. The Hall–Kier alpha value is -1.89. The van der Waals surface area contributed by atoms with Crippen LogP contribution in [-0.2, 0) is 16.6 Å². The molecule has 0 saturated carbocycles. The fraction of sp³-hybridized carbons (Fsp3) is 0.176. The first-order valence-electron chi connectivity index (χ1n) is 7.43. The lowest BCUT2D eigenvalue weighted by Gasteiger charge is -2.36. The SMILES string of the molecule is O=S(=O)(c1cccs1)N1CCn2cccc2C1c1ccccc1. The largest absolute Gasteiger partial charge is 0.348 e. The highest BCUT2D eigenvalue weighted by Crippen LogP contribution is 2.37. The minimum Gasteiger partial charge on any atom is -0.348 e. The van der Waals surface area contributed by atoms with Gasteiger partial charge in [0.15, 0.2) is 0 Å². The zero-order chi connectivity index (χ0) is 15.9. The second-order valence-electron chi connectivity index (χ2n) is 5.49. The van der Waals surface area contributed by atoms with Crippen LogP contribution in [0.2, 0.25) is 0 Å². The van der Waals surface area contributed by atoms with Gasteiger partial charge in [-0.25, -0.2) is 8.42 Å². The van der Waals surface area contributed by atoms with Gasteiger partial charge in [0.05, 0.1) is 6.04 Å². The van der Waals surface area contributed by atoms with Gasteiger partial charge in [0, 0.05) is 25.0 Å². The summed E-state index contributed by atoms with van der Waals surface area (Å²) in [5.74, 6) is 0. The van der Waals surface area contributed by atoms with Crippen LogP contribution in [0.5, 0.6) is 0 Å². The summed E-state index contributed by atoms with van der Waals surface area (Å²) >= 11 is 1.27.